The van der Waals surface area contributed by atoms with E-state index in [1.165, 1.54) is 24.0 Å². The van der Waals surface area contributed by atoms with Gasteiger partial charge in [0.25, 0.3) is 0 Å². The van der Waals surface area contributed by atoms with E-state index < -0.39 is 0 Å². The molecular formula is C23H27N3O3. The zero-order valence-electron chi connectivity index (χ0n) is 16.7. The first-order valence-corrected chi connectivity index (χ1v) is 10.4. The number of amides is 2. The molecule has 1 saturated carbocycles. The summed E-state index contributed by atoms with van der Waals surface area (Å²) < 4.78 is 11.7. The smallest absolute Gasteiger partial charge is 0.322 e. The Kier molecular flexibility index (Phi) is 4.30. The van der Waals surface area contributed by atoms with Crippen LogP contribution < -0.4 is 20.5 Å². The Morgan fingerprint density at radius 3 is 2.45 bits per heavy atom. The highest BCUT2D eigenvalue weighted by Crippen LogP contribution is 2.51. The highest BCUT2D eigenvalue weighted by Gasteiger charge is 2.46. The minimum atomic E-state index is -0.0749. The number of nitrogens with two attached hydrogens (primary N) is 1. The summed E-state index contributed by atoms with van der Waals surface area (Å²) >= 11 is 0. The topological polar surface area (TPSA) is 76.8 Å². The van der Waals surface area contributed by atoms with E-state index in [4.69, 9.17) is 15.2 Å². The molecular weight excluding hydrogens is 366 g/mol. The van der Waals surface area contributed by atoms with E-state index in [9.17, 15) is 4.79 Å². The average molecular weight is 393 g/mol. The number of nitrogens with one attached hydrogen (secondary N) is 1. The average Bonchev–Trinajstić information content (AvgIpc) is 3.21. The second kappa shape index (κ2) is 6.87. The quantitative estimate of drug-likeness (QED) is 0.701. The Morgan fingerprint density at radius 1 is 1.10 bits per heavy atom. The first-order chi connectivity index (χ1) is 14.1. The largest absolute Gasteiger partial charge is 0.486 e. The van der Waals surface area contributed by atoms with Crippen LogP contribution in [0.3, 0.4) is 0 Å². The number of carbonyl (C=O) groups excluding carboxylic acids is 1. The Hall–Kier alpha value is -2.89. The van der Waals surface area contributed by atoms with Crippen LogP contribution in [0.15, 0.2) is 36.4 Å². The molecule has 1 unspecified atom stereocenters. The molecule has 2 heterocycles. The Balaban J connectivity index is 1.51. The zero-order valence-corrected chi connectivity index (χ0v) is 16.7. The SMILES string of the molecule is CC1c2cc3c(cc2C2(CCCC2)CN1C(=O)Nc1ccc(N)cc1)OCCO3. The standard InChI is InChI=1S/C23H27N3O3/c1-15-18-12-20-21(29-11-10-28-20)13-19(18)23(8-2-3-9-23)14-26(15)22(27)25-17-6-4-16(24)5-7-17/h4-7,12-13,15H,2-3,8-11,14,24H2,1H3,(H,25,27). The third-order valence-electron chi connectivity index (χ3n) is 6.66. The van der Waals surface area contributed by atoms with E-state index in [2.05, 4.69) is 24.4 Å². The predicted molar refractivity (Wildman–Crippen MR) is 113 cm³/mol. The summed E-state index contributed by atoms with van der Waals surface area (Å²) in [5.74, 6) is 1.63. The molecule has 2 aliphatic heterocycles. The summed E-state index contributed by atoms with van der Waals surface area (Å²) in [4.78, 5) is 15.2. The van der Waals surface area contributed by atoms with E-state index in [0.717, 1.165) is 36.6 Å². The summed E-state index contributed by atoms with van der Waals surface area (Å²) in [5, 5.41) is 3.04. The van der Waals surface area contributed by atoms with Crippen molar-refractivity contribution in [3.05, 3.63) is 47.5 Å². The molecule has 0 bridgehead atoms. The summed E-state index contributed by atoms with van der Waals surface area (Å²) in [7, 11) is 0. The second-order valence-electron chi connectivity index (χ2n) is 8.43. The van der Waals surface area contributed by atoms with Gasteiger partial charge >= 0.3 is 6.03 Å². The van der Waals surface area contributed by atoms with E-state index >= 15 is 0 Å². The highest BCUT2D eigenvalue weighted by molar-refractivity contribution is 5.90. The lowest BCUT2D eigenvalue weighted by Gasteiger charge is -2.46. The number of fused-ring (bicyclic) bond motifs is 3. The molecule has 6 heteroatoms. The van der Waals surface area contributed by atoms with Crippen molar-refractivity contribution in [3.8, 4) is 11.5 Å². The minimum Gasteiger partial charge on any atom is -0.486 e. The predicted octanol–water partition coefficient (Wildman–Crippen LogP) is 4.46. The number of hydrogen-bond donors (Lipinski definition) is 2. The van der Waals surface area contributed by atoms with Crippen molar-refractivity contribution in [2.24, 2.45) is 0 Å². The molecule has 3 N–H and O–H groups in total. The van der Waals surface area contributed by atoms with E-state index in [1.54, 1.807) is 12.1 Å². The molecule has 3 aliphatic rings. The normalized spacial score (nSPS) is 21.7. The summed E-state index contributed by atoms with van der Waals surface area (Å²) in [5.41, 5.74) is 9.71. The fourth-order valence-electron chi connectivity index (χ4n) is 5.11. The third kappa shape index (κ3) is 3.07. The maximum Gasteiger partial charge on any atom is 0.322 e. The molecule has 1 fully saturated rings. The van der Waals surface area contributed by atoms with Crippen LogP contribution in [0.5, 0.6) is 11.5 Å². The molecule has 0 radical (unpaired) electrons. The van der Waals surface area contributed by atoms with Crippen molar-refractivity contribution in [3.63, 3.8) is 0 Å². The molecule has 0 saturated heterocycles. The van der Waals surface area contributed by atoms with Crippen LogP contribution in [0.4, 0.5) is 16.2 Å². The number of rotatable bonds is 1. The van der Waals surface area contributed by atoms with Gasteiger partial charge in [-0.1, -0.05) is 12.8 Å². The van der Waals surface area contributed by atoms with Crippen LogP contribution in [0.25, 0.3) is 0 Å². The van der Waals surface area contributed by atoms with Gasteiger partial charge in [0, 0.05) is 23.3 Å². The fourth-order valence-corrected chi connectivity index (χ4v) is 5.11. The Labute approximate surface area is 171 Å². The van der Waals surface area contributed by atoms with Crippen molar-refractivity contribution < 1.29 is 14.3 Å². The van der Waals surface area contributed by atoms with Crippen LogP contribution in [0.2, 0.25) is 0 Å². The maximum atomic E-state index is 13.2. The summed E-state index contributed by atoms with van der Waals surface area (Å²) in [6.45, 7) is 3.97. The van der Waals surface area contributed by atoms with Crippen molar-refractivity contribution in [1.29, 1.82) is 0 Å². The molecule has 5 rings (SSSR count). The van der Waals surface area contributed by atoms with Gasteiger partial charge in [0.05, 0.1) is 6.04 Å². The van der Waals surface area contributed by atoms with Crippen LogP contribution >= 0.6 is 0 Å². The molecule has 0 aromatic heterocycles. The van der Waals surface area contributed by atoms with Gasteiger partial charge in [-0.3, -0.25) is 0 Å². The minimum absolute atomic E-state index is 0.00383. The number of nitrogens with zero attached hydrogens (tertiary/aromatic N) is 1. The lowest BCUT2D eigenvalue weighted by Crippen LogP contribution is -2.50. The van der Waals surface area contributed by atoms with Crippen LogP contribution in [-0.2, 0) is 5.41 Å². The van der Waals surface area contributed by atoms with E-state index in [0.29, 0.717) is 18.9 Å². The fraction of sp³-hybridized carbons (Fsp3) is 0.435. The third-order valence-corrected chi connectivity index (χ3v) is 6.66. The molecule has 29 heavy (non-hydrogen) atoms. The first-order valence-electron chi connectivity index (χ1n) is 10.4. The molecule has 6 nitrogen and oxygen atoms in total. The number of carbonyl (C=O) groups is 1. The number of hydrogen-bond acceptors (Lipinski definition) is 4. The molecule has 1 aliphatic carbocycles. The van der Waals surface area contributed by atoms with Gasteiger partial charge < -0.3 is 25.4 Å². The van der Waals surface area contributed by atoms with Crippen LogP contribution in [0, 0.1) is 0 Å². The maximum absolute atomic E-state index is 13.2. The lowest BCUT2D eigenvalue weighted by atomic mass is 9.71. The number of ether oxygens (including phenoxy) is 2. The van der Waals surface area contributed by atoms with Gasteiger partial charge in [-0.15, -0.1) is 0 Å². The van der Waals surface area contributed by atoms with Crippen molar-refractivity contribution in [2.45, 2.75) is 44.1 Å². The number of benzene rings is 2. The van der Waals surface area contributed by atoms with Crippen LogP contribution in [0.1, 0.15) is 49.8 Å². The van der Waals surface area contributed by atoms with Crippen molar-refractivity contribution in [2.75, 3.05) is 30.8 Å². The summed E-state index contributed by atoms with van der Waals surface area (Å²) in [6.07, 6.45) is 4.57. The molecule has 1 spiro atoms. The van der Waals surface area contributed by atoms with Crippen LogP contribution in [-0.4, -0.2) is 30.7 Å². The van der Waals surface area contributed by atoms with Gasteiger partial charge in [-0.05, 0) is 67.3 Å². The highest BCUT2D eigenvalue weighted by atomic mass is 16.6. The number of urea groups is 1. The number of anilines is 2. The Bertz CT molecular complexity index is 935. The van der Waals surface area contributed by atoms with Gasteiger partial charge in [-0.2, -0.15) is 0 Å². The molecule has 1 atom stereocenters. The van der Waals surface area contributed by atoms with E-state index in [1.807, 2.05) is 17.0 Å². The van der Waals surface area contributed by atoms with Gasteiger partial charge in [0.15, 0.2) is 11.5 Å². The van der Waals surface area contributed by atoms with Gasteiger partial charge in [0.1, 0.15) is 13.2 Å². The van der Waals surface area contributed by atoms with Gasteiger partial charge in [0.2, 0.25) is 0 Å². The molecule has 2 aromatic carbocycles. The van der Waals surface area contributed by atoms with Crippen molar-refractivity contribution >= 4 is 17.4 Å². The lowest BCUT2D eigenvalue weighted by molar-refractivity contribution is 0.149. The second-order valence-corrected chi connectivity index (χ2v) is 8.43. The zero-order chi connectivity index (χ0) is 20.0. The Morgan fingerprint density at radius 2 is 1.76 bits per heavy atom. The molecule has 2 aromatic rings. The van der Waals surface area contributed by atoms with Crippen molar-refractivity contribution in [1.82, 2.24) is 4.90 Å². The summed E-state index contributed by atoms with van der Waals surface area (Å²) in [6, 6.07) is 11.4. The van der Waals surface area contributed by atoms with E-state index in [-0.39, 0.29) is 17.5 Å². The monoisotopic (exact) mass is 393 g/mol. The number of nitrogen functional groups attached to an aromatic ring is 1. The first kappa shape index (κ1) is 18.2. The van der Waals surface area contributed by atoms with Gasteiger partial charge in [-0.25, -0.2) is 4.79 Å². The molecule has 152 valence electrons. The molecule has 2 amide bonds.